The highest BCUT2D eigenvalue weighted by atomic mass is 19.1. The van der Waals surface area contributed by atoms with Crippen LogP contribution in [0.4, 0.5) is 4.39 Å². The molecule has 2 aromatic rings. The summed E-state index contributed by atoms with van der Waals surface area (Å²) < 4.78 is 13.8. The van der Waals surface area contributed by atoms with Gasteiger partial charge in [-0.1, -0.05) is 42.0 Å². The van der Waals surface area contributed by atoms with Crippen molar-refractivity contribution in [2.75, 3.05) is 13.1 Å². The Labute approximate surface area is 149 Å². The van der Waals surface area contributed by atoms with Gasteiger partial charge in [-0.3, -0.25) is 4.90 Å². The van der Waals surface area contributed by atoms with Gasteiger partial charge in [0.15, 0.2) is 0 Å². The van der Waals surface area contributed by atoms with Crippen molar-refractivity contribution in [3.8, 4) is 0 Å². The van der Waals surface area contributed by atoms with Crippen LogP contribution in [0.15, 0.2) is 42.5 Å². The molecule has 0 aromatic heterocycles. The van der Waals surface area contributed by atoms with Gasteiger partial charge in [-0.15, -0.1) is 0 Å². The molecule has 0 aliphatic carbocycles. The molecule has 0 radical (unpaired) electrons. The maximum absolute atomic E-state index is 13.8. The molecule has 2 aromatic carbocycles. The highest BCUT2D eigenvalue weighted by Gasteiger charge is 2.17. The van der Waals surface area contributed by atoms with Gasteiger partial charge in [-0.2, -0.15) is 0 Å². The summed E-state index contributed by atoms with van der Waals surface area (Å²) in [6.07, 6.45) is 1.57. The number of rotatable bonds is 6. The number of hydrogen-bond acceptors (Lipinski definition) is 3. The van der Waals surface area contributed by atoms with Gasteiger partial charge in [0.25, 0.3) is 0 Å². The van der Waals surface area contributed by atoms with Gasteiger partial charge < -0.3 is 10.4 Å². The Bertz CT molecular complexity index is 696. The highest BCUT2D eigenvalue weighted by Crippen LogP contribution is 2.17. The number of aliphatic hydroxyl groups is 1. The predicted molar refractivity (Wildman–Crippen MR) is 98.6 cm³/mol. The lowest BCUT2D eigenvalue weighted by Crippen LogP contribution is -2.35. The summed E-state index contributed by atoms with van der Waals surface area (Å²) >= 11 is 0. The number of nitrogens with zero attached hydrogens (tertiary/aromatic N) is 1. The van der Waals surface area contributed by atoms with Crippen LogP contribution in [0.5, 0.6) is 0 Å². The van der Waals surface area contributed by atoms with Crippen molar-refractivity contribution in [2.45, 2.75) is 45.5 Å². The van der Waals surface area contributed by atoms with E-state index in [1.165, 1.54) is 17.2 Å². The molecular weight excluding hydrogens is 315 g/mol. The van der Waals surface area contributed by atoms with Crippen LogP contribution in [0, 0.1) is 12.7 Å². The molecule has 3 rings (SSSR count). The van der Waals surface area contributed by atoms with Crippen molar-refractivity contribution in [2.24, 2.45) is 0 Å². The van der Waals surface area contributed by atoms with Crippen LogP contribution in [0.3, 0.4) is 0 Å². The maximum Gasteiger partial charge on any atom is 0.127 e. The first-order chi connectivity index (χ1) is 12.1. The zero-order chi connectivity index (χ0) is 17.6. The van der Waals surface area contributed by atoms with Crippen molar-refractivity contribution in [1.29, 1.82) is 0 Å². The SMILES string of the molecule is Cc1ccc(F)c(CNCc2ccccc2CN2CCC(O)CC2)c1. The molecule has 1 saturated heterocycles. The van der Waals surface area contributed by atoms with E-state index in [1.54, 1.807) is 6.07 Å². The van der Waals surface area contributed by atoms with Crippen molar-refractivity contribution in [3.05, 3.63) is 70.5 Å². The topological polar surface area (TPSA) is 35.5 Å². The minimum absolute atomic E-state index is 0.141. The molecule has 0 amide bonds. The van der Waals surface area contributed by atoms with Gasteiger partial charge in [0.2, 0.25) is 0 Å². The molecule has 0 saturated carbocycles. The second kappa shape index (κ2) is 8.56. The molecule has 1 fully saturated rings. The Morgan fingerprint density at radius 3 is 2.48 bits per heavy atom. The number of benzene rings is 2. The second-order valence-corrected chi connectivity index (χ2v) is 6.97. The summed E-state index contributed by atoms with van der Waals surface area (Å²) in [6.45, 7) is 6.02. The average Bonchev–Trinajstić information content (AvgIpc) is 2.61. The van der Waals surface area contributed by atoms with Gasteiger partial charge in [0, 0.05) is 38.3 Å². The van der Waals surface area contributed by atoms with Gasteiger partial charge >= 0.3 is 0 Å². The number of aryl methyl sites for hydroxylation is 1. The molecule has 0 bridgehead atoms. The van der Waals surface area contributed by atoms with Gasteiger partial charge in [0.05, 0.1) is 6.10 Å². The Kier molecular flexibility index (Phi) is 6.19. The summed E-state index contributed by atoms with van der Waals surface area (Å²) in [5.74, 6) is -0.154. The zero-order valence-corrected chi connectivity index (χ0v) is 14.8. The summed E-state index contributed by atoms with van der Waals surface area (Å²) in [6, 6.07) is 13.6. The number of nitrogens with one attached hydrogen (secondary N) is 1. The highest BCUT2D eigenvalue weighted by molar-refractivity contribution is 5.28. The second-order valence-electron chi connectivity index (χ2n) is 6.97. The normalized spacial score (nSPS) is 16.3. The molecule has 134 valence electrons. The Morgan fingerprint density at radius 2 is 1.72 bits per heavy atom. The van der Waals surface area contributed by atoms with E-state index in [4.69, 9.17) is 0 Å². The molecule has 0 unspecified atom stereocenters. The number of piperidine rings is 1. The third-order valence-corrected chi connectivity index (χ3v) is 4.90. The Morgan fingerprint density at radius 1 is 1.04 bits per heavy atom. The minimum atomic E-state index is -0.154. The van der Waals surface area contributed by atoms with E-state index in [0.717, 1.165) is 44.6 Å². The fourth-order valence-corrected chi connectivity index (χ4v) is 3.37. The lowest BCUT2D eigenvalue weighted by molar-refractivity contribution is 0.0791. The summed E-state index contributed by atoms with van der Waals surface area (Å²) in [5.41, 5.74) is 4.34. The average molecular weight is 342 g/mol. The molecule has 25 heavy (non-hydrogen) atoms. The van der Waals surface area contributed by atoms with Crippen LogP contribution in [0.1, 0.15) is 35.1 Å². The first-order valence-corrected chi connectivity index (χ1v) is 9.05. The third kappa shape index (κ3) is 5.11. The molecule has 1 aliphatic rings. The number of aliphatic hydroxyl groups excluding tert-OH is 1. The fraction of sp³-hybridized carbons (Fsp3) is 0.429. The third-order valence-electron chi connectivity index (χ3n) is 4.90. The van der Waals surface area contributed by atoms with Gasteiger partial charge in [-0.25, -0.2) is 4.39 Å². The molecule has 1 heterocycles. The first kappa shape index (κ1) is 18.1. The van der Waals surface area contributed by atoms with Crippen molar-refractivity contribution in [3.63, 3.8) is 0 Å². The number of likely N-dealkylation sites (tertiary alicyclic amines) is 1. The van der Waals surface area contributed by atoms with Crippen LogP contribution in [0.25, 0.3) is 0 Å². The summed E-state index contributed by atoms with van der Waals surface area (Å²) in [4.78, 5) is 2.39. The Hall–Kier alpha value is -1.75. The first-order valence-electron chi connectivity index (χ1n) is 9.05. The quantitative estimate of drug-likeness (QED) is 0.845. The monoisotopic (exact) mass is 342 g/mol. The van der Waals surface area contributed by atoms with Crippen LogP contribution < -0.4 is 5.32 Å². The van der Waals surface area contributed by atoms with Gasteiger partial charge in [0.1, 0.15) is 5.82 Å². The van der Waals surface area contributed by atoms with Crippen molar-refractivity contribution >= 4 is 0 Å². The van der Waals surface area contributed by atoms with E-state index in [2.05, 4.69) is 28.4 Å². The predicted octanol–water partition coefficient (Wildman–Crippen LogP) is 3.38. The van der Waals surface area contributed by atoms with Crippen molar-refractivity contribution in [1.82, 2.24) is 10.2 Å². The van der Waals surface area contributed by atoms with Gasteiger partial charge in [-0.05, 0) is 37.0 Å². The summed E-state index contributed by atoms with van der Waals surface area (Å²) in [5, 5.41) is 13.0. The maximum atomic E-state index is 13.8. The van der Waals surface area contributed by atoms with E-state index in [9.17, 15) is 9.50 Å². The molecule has 0 spiro atoms. The zero-order valence-electron chi connectivity index (χ0n) is 14.8. The fourth-order valence-electron chi connectivity index (χ4n) is 3.37. The number of halogens is 1. The smallest absolute Gasteiger partial charge is 0.127 e. The van der Waals surface area contributed by atoms with E-state index < -0.39 is 0 Å². The van der Waals surface area contributed by atoms with E-state index in [-0.39, 0.29) is 11.9 Å². The molecule has 1 aliphatic heterocycles. The summed E-state index contributed by atoms with van der Waals surface area (Å²) in [7, 11) is 0. The van der Waals surface area contributed by atoms with Crippen molar-refractivity contribution < 1.29 is 9.50 Å². The van der Waals surface area contributed by atoms with E-state index in [1.807, 2.05) is 19.1 Å². The van der Waals surface area contributed by atoms with Crippen LogP contribution in [-0.4, -0.2) is 29.2 Å². The minimum Gasteiger partial charge on any atom is -0.393 e. The van der Waals surface area contributed by atoms with Crippen LogP contribution >= 0.6 is 0 Å². The van der Waals surface area contributed by atoms with Crippen LogP contribution in [0.2, 0.25) is 0 Å². The van der Waals surface area contributed by atoms with Crippen LogP contribution in [-0.2, 0) is 19.6 Å². The molecule has 3 nitrogen and oxygen atoms in total. The van der Waals surface area contributed by atoms with E-state index in [0.29, 0.717) is 12.1 Å². The lowest BCUT2D eigenvalue weighted by atomic mass is 10.0. The largest absolute Gasteiger partial charge is 0.393 e. The Balaban J connectivity index is 1.58. The molecular formula is C21H27FN2O. The molecule has 4 heteroatoms. The molecule has 0 atom stereocenters. The number of hydrogen-bond donors (Lipinski definition) is 2. The van der Waals surface area contributed by atoms with E-state index >= 15 is 0 Å². The standard InChI is InChI=1S/C21H27FN2O/c1-16-6-7-21(22)19(12-16)14-23-13-17-4-2-3-5-18(17)15-24-10-8-20(25)9-11-24/h2-7,12,20,23,25H,8-11,13-15H2,1H3. The molecule has 2 N–H and O–H groups in total. The lowest BCUT2D eigenvalue weighted by Gasteiger charge is -2.30.